The molecule has 82 valence electrons. The van der Waals surface area contributed by atoms with Crippen molar-refractivity contribution in [2.24, 2.45) is 0 Å². The first kappa shape index (κ1) is 10.4. The summed E-state index contributed by atoms with van der Waals surface area (Å²) >= 11 is 0. The SMILES string of the molecule is O=Cc1ccnn1NCc1ccc(F)cc1. The van der Waals surface area contributed by atoms with Gasteiger partial charge in [-0.05, 0) is 23.8 Å². The van der Waals surface area contributed by atoms with Crippen LogP contribution in [0.25, 0.3) is 0 Å². The molecule has 2 rings (SSSR count). The third kappa shape index (κ3) is 2.25. The van der Waals surface area contributed by atoms with Crippen LogP contribution in [0, 0.1) is 5.82 Å². The summed E-state index contributed by atoms with van der Waals surface area (Å²) in [6.07, 6.45) is 2.24. The second kappa shape index (κ2) is 4.57. The van der Waals surface area contributed by atoms with Gasteiger partial charge < -0.3 is 5.43 Å². The summed E-state index contributed by atoms with van der Waals surface area (Å²) in [5, 5.41) is 3.92. The molecule has 5 heteroatoms. The largest absolute Gasteiger partial charge is 0.305 e. The lowest BCUT2D eigenvalue weighted by Crippen LogP contribution is -2.18. The number of benzene rings is 1. The molecule has 2 aromatic rings. The monoisotopic (exact) mass is 219 g/mol. The predicted molar refractivity (Wildman–Crippen MR) is 57.1 cm³/mol. The lowest BCUT2D eigenvalue weighted by atomic mass is 10.2. The molecule has 0 atom stereocenters. The molecule has 1 N–H and O–H groups in total. The van der Waals surface area contributed by atoms with Gasteiger partial charge in [-0.25, -0.2) is 4.39 Å². The summed E-state index contributed by atoms with van der Waals surface area (Å²) in [6, 6.07) is 7.73. The lowest BCUT2D eigenvalue weighted by Gasteiger charge is -2.07. The number of nitrogens with zero attached hydrogens (tertiary/aromatic N) is 2. The van der Waals surface area contributed by atoms with E-state index in [1.165, 1.54) is 23.1 Å². The van der Waals surface area contributed by atoms with E-state index in [1.807, 2.05) is 0 Å². The van der Waals surface area contributed by atoms with Crippen molar-refractivity contribution in [2.75, 3.05) is 5.43 Å². The Morgan fingerprint density at radius 2 is 2.06 bits per heavy atom. The van der Waals surface area contributed by atoms with Gasteiger partial charge in [-0.15, -0.1) is 0 Å². The summed E-state index contributed by atoms with van der Waals surface area (Å²) in [4.78, 5) is 12.0. The van der Waals surface area contributed by atoms with Gasteiger partial charge in [-0.2, -0.15) is 9.89 Å². The Kier molecular flexibility index (Phi) is 2.95. The standard InChI is InChI=1S/C11H10FN3O/c12-10-3-1-9(2-4-10)7-14-15-11(8-16)5-6-13-15/h1-6,8,14H,7H2. The van der Waals surface area contributed by atoms with E-state index >= 15 is 0 Å². The van der Waals surface area contributed by atoms with E-state index < -0.39 is 0 Å². The molecular weight excluding hydrogens is 209 g/mol. The molecule has 0 amide bonds. The zero-order chi connectivity index (χ0) is 11.4. The van der Waals surface area contributed by atoms with Crippen LogP contribution < -0.4 is 5.43 Å². The van der Waals surface area contributed by atoms with Gasteiger partial charge in [0.2, 0.25) is 0 Å². The molecule has 0 saturated heterocycles. The Morgan fingerprint density at radius 3 is 2.75 bits per heavy atom. The van der Waals surface area contributed by atoms with Crippen molar-refractivity contribution >= 4 is 6.29 Å². The van der Waals surface area contributed by atoms with Crippen molar-refractivity contribution in [3.05, 3.63) is 53.6 Å². The van der Waals surface area contributed by atoms with Crippen LogP contribution in [0.3, 0.4) is 0 Å². The van der Waals surface area contributed by atoms with Crippen LogP contribution in [0.4, 0.5) is 4.39 Å². The van der Waals surface area contributed by atoms with Crippen molar-refractivity contribution in [3.8, 4) is 0 Å². The molecule has 0 unspecified atom stereocenters. The average Bonchev–Trinajstić information content (AvgIpc) is 2.76. The highest BCUT2D eigenvalue weighted by atomic mass is 19.1. The minimum atomic E-state index is -0.267. The number of aldehydes is 1. The quantitative estimate of drug-likeness (QED) is 0.794. The molecule has 0 aliphatic heterocycles. The molecule has 0 spiro atoms. The Morgan fingerprint density at radius 1 is 1.31 bits per heavy atom. The van der Waals surface area contributed by atoms with Gasteiger partial charge in [-0.1, -0.05) is 12.1 Å². The van der Waals surface area contributed by atoms with E-state index in [9.17, 15) is 9.18 Å². The summed E-state index contributed by atoms with van der Waals surface area (Å²) in [7, 11) is 0. The Hall–Kier alpha value is -2.17. The maximum atomic E-state index is 12.6. The fourth-order valence-corrected chi connectivity index (χ4v) is 1.30. The third-order valence-electron chi connectivity index (χ3n) is 2.14. The first-order valence-corrected chi connectivity index (χ1v) is 4.77. The van der Waals surface area contributed by atoms with Crippen molar-refractivity contribution in [3.63, 3.8) is 0 Å². The van der Waals surface area contributed by atoms with E-state index in [-0.39, 0.29) is 5.82 Å². The number of hydrogen-bond acceptors (Lipinski definition) is 3. The fourth-order valence-electron chi connectivity index (χ4n) is 1.30. The number of aromatic nitrogens is 2. The van der Waals surface area contributed by atoms with Crippen molar-refractivity contribution in [1.82, 2.24) is 9.89 Å². The van der Waals surface area contributed by atoms with Crippen LogP contribution in [0.15, 0.2) is 36.5 Å². The number of carbonyl (C=O) groups is 1. The van der Waals surface area contributed by atoms with Gasteiger partial charge >= 0.3 is 0 Å². The number of carbonyl (C=O) groups excluding carboxylic acids is 1. The van der Waals surface area contributed by atoms with Gasteiger partial charge in [0, 0.05) is 0 Å². The smallest absolute Gasteiger partial charge is 0.170 e. The molecule has 0 saturated carbocycles. The summed E-state index contributed by atoms with van der Waals surface area (Å²) in [5.74, 6) is -0.267. The van der Waals surface area contributed by atoms with Gasteiger partial charge in [-0.3, -0.25) is 4.79 Å². The van der Waals surface area contributed by atoms with E-state index in [1.54, 1.807) is 18.2 Å². The summed E-state index contributed by atoms with van der Waals surface area (Å²) in [5.41, 5.74) is 4.29. The zero-order valence-corrected chi connectivity index (χ0v) is 8.43. The molecule has 0 radical (unpaired) electrons. The summed E-state index contributed by atoms with van der Waals surface area (Å²) < 4.78 is 12.6. The van der Waals surface area contributed by atoms with Crippen LogP contribution in [-0.4, -0.2) is 16.2 Å². The second-order valence-electron chi connectivity index (χ2n) is 3.25. The van der Waals surface area contributed by atoms with E-state index in [2.05, 4.69) is 10.5 Å². The topological polar surface area (TPSA) is 46.9 Å². The van der Waals surface area contributed by atoms with Crippen LogP contribution in [0.5, 0.6) is 0 Å². The molecule has 0 aliphatic rings. The predicted octanol–water partition coefficient (Wildman–Crippen LogP) is 1.58. The number of nitrogens with one attached hydrogen (secondary N) is 1. The number of rotatable bonds is 4. The van der Waals surface area contributed by atoms with Gasteiger partial charge in [0.05, 0.1) is 12.7 Å². The van der Waals surface area contributed by atoms with Crippen molar-refractivity contribution in [1.29, 1.82) is 0 Å². The Balaban J connectivity index is 2.02. The highest BCUT2D eigenvalue weighted by Crippen LogP contribution is 2.03. The highest BCUT2D eigenvalue weighted by Gasteiger charge is 1.99. The lowest BCUT2D eigenvalue weighted by molar-refractivity contribution is 0.111. The van der Waals surface area contributed by atoms with Crippen LogP contribution in [0.1, 0.15) is 16.1 Å². The molecule has 0 fully saturated rings. The number of halogens is 1. The third-order valence-corrected chi connectivity index (χ3v) is 2.14. The van der Waals surface area contributed by atoms with E-state index in [0.29, 0.717) is 18.5 Å². The molecular formula is C11H10FN3O. The average molecular weight is 219 g/mol. The molecule has 4 nitrogen and oxygen atoms in total. The maximum absolute atomic E-state index is 12.6. The zero-order valence-electron chi connectivity index (χ0n) is 8.43. The Bertz CT molecular complexity index is 478. The second-order valence-corrected chi connectivity index (χ2v) is 3.25. The van der Waals surface area contributed by atoms with Crippen LogP contribution in [0.2, 0.25) is 0 Å². The molecule has 16 heavy (non-hydrogen) atoms. The first-order chi connectivity index (χ1) is 7.79. The Labute approximate surface area is 91.7 Å². The minimum Gasteiger partial charge on any atom is -0.305 e. The summed E-state index contributed by atoms with van der Waals surface area (Å²) in [6.45, 7) is 0.475. The van der Waals surface area contributed by atoms with E-state index in [0.717, 1.165) is 5.56 Å². The normalized spacial score (nSPS) is 10.1. The maximum Gasteiger partial charge on any atom is 0.170 e. The molecule has 1 aromatic carbocycles. The van der Waals surface area contributed by atoms with Gasteiger partial charge in [0.15, 0.2) is 6.29 Å². The number of hydrogen-bond donors (Lipinski definition) is 1. The van der Waals surface area contributed by atoms with Gasteiger partial charge in [0.25, 0.3) is 0 Å². The molecule has 0 bridgehead atoms. The first-order valence-electron chi connectivity index (χ1n) is 4.77. The van der Waals surface area contributed by atoms with Gasteiger partial charge in [0.1, 0.15) is 11.5 Å². The fraction of sp³-hybridized carbons (Fsp3) is 0.0909. The highest BCUT2D eigenvalue weighted by molar-refractivity contribution is 5.71. The van der Waals surface area contributed by atoms with Crippen molar-refractivity contribution in [2.45, 2.75) is 6.54 Å². The van der Waals surface area contributed by atoms with Crippen LogP contribution >= 0.6 is 0 Å². The minimum absolute atomic E-state index is 0.267. The van der Waals surface area contributed by atoms with E-state index in [4.69, 9.17) is 0 Å². The molecule has 0 aliphatic carbocycles. The molecule has 1 aromatic heterocycles. The van der Waals surface area contributed by atoms with Crippen LogP contribution in [-0.2, 0) is 6.54 Å². The molecule has 1 heterocycles. The van der Waals surface area contributed by atoms with Crippen molar-refractivity contribution < 1.29 is 9.18 Å².